The molecule has 0 fully saturated rings. The zero-order valence-electron chi connectivity index (χ0n) is 12.3. The highest BCUT2D eigenvalue weighted by atomic mass is 16.5. The average molecular weight is 276 g/mol. The fourth-order valence-corrected chi connectivity index (χ4v) is 2.29. The molecule has 0 unspecified atom stereocenters. The number of phenols is 2. The van der Waals surface area contributed by atoms with Crippen LogP contribution in [-0.2, 0) is 0 Å². The standard InChI is InChI=1S/C16H20O4/c1-5-19-11-7-12-14(13(8-11)20-6-2)16(18)10(4)9(3)15(12)17/h7-8,17-18H,5-6H2,1-4H3. The topological polar surface area (TPSA) is 58.9 Å². The summed E-state index contributed by atoms with van der Waals surface area (Å²) in [6.07, 6.45) is 0. The lowest BCUT2D eigenvalue weighted by Crippen LogP contribution is -1.97. The van der Waals surface area contributed by atoms with Crippen LogP contribution in [0.1, 0.15) is 25.0 Å². The summed E-state index contributed by atoms with van der Waals surface area (Å²) >= 11 is 0. The zero-order chi connectivity index (χ0) is 14.9. The molecule has 0 heterocycles. The van der Waals surface area contributed by atoms with E-state index in [0.717, 1.165) is 0 Å². The van der Waals surface area contributed by atoms with Gasteiger partial charge in [-0.25, -0.2) is 0 Å². The summed E-state index contributed by atoms with van der Waals surface area (Å²) in [6.45, 7) is 8.30. The van der Waals surface area contributed by atoms with Gasteiger partial charge in [0.1, 0.15) is 23.0 Å². The first-order chi connectivity index (χ1) is 9.51. The molecular formula is C16H20O4. The van der Waals surface area contributed by atoms with Gasteiger partial charge >= 0.3 is 0 Å². The predicted molar refractivity (Wildman–Crippen MR) is 79.1 cm³/mol. The number of hydrogen-bond acceptors (Lipinski definition) is 4. The molecule has 20 heavy (non-hydrogen) atoms. The van der Waals surface area contributed by atoms with Crippen molar-refractivity contribution in [2.24, 2.45) is 0 Å². The molecule has 2 N–H and O–H groups in total. The summed E-state index contributed by atoms with van der Waals surface area (Å²) in [4.78, 5) is 0. The predicted octanol–water partition coefficient (Wildman–Crippen LogP) is 3.67. The first-order valence-electron chi connectivity index (χ1n) is 6.75. The molecule has 0 saturated carbocycles. The molecule has 2 rings (SSSR count). The minimum Gasteiger partial charge on any atom is -0.507 e. The first-order valence-corrected chi connectivity index (χ1v) is 6.75. The molecule has 0 aliphatic carbocycles. The summed E-state index contributed by atoms with van der Waals surface area (Å²) in [6, 6.07) is 3.46. The van der Waals surface area contributed by atoms with Crippen LogP contribution in [0.4, 0.5) is 0 Å². The maximum absolute atomic E-state index is 10.4. The van der Waals surface area contributed by atoms with Gasteiger partial charge in [-0.15, -0.1) is 0 Å². The normalized spacial score (nSPS) is 10.8. The molecule has 0 aliphatic rings. The molecule has 0 saturated heterocycles. The smallest absolute Gasteiger partial charge is 0.134 e. The minimum atomic E-state index is 0.141. The molecule has 0 aromatic heterocycles. The number of rotatable bonds is 4. The summed E-state index contributed by atoms with van der Waals surface area (Å²) < 4.78 is 11.1. The Morgan fingerprint density at radius 3 is 2.10 bits per heavy atom. The third-order valence-corrected chi connectivity index (χ3v) is 3.45. The van der Waals surface area contributed by atoms with Gasteiger partial charge in [0.15, 0.2) is 0 Å². The van der Waals surface area contributed by atoms with Gasteiger partial charge in [-0.3, -0.25) is 0 Å². The first kappa shape index (κ1) is 14.3. The minimum absolute atomic E-state index is 0.141. The molecule has 2 aromatic carbocycles. The van der Waals surface area contributed by atoms with Gasteiger partial charge in [0, 0.05) is 11.5 Å². The van der Waals surface area contributed by atoms with Crippen molar-refractivity contribution in [1.82, 2.24) is 0 Å². The number of fused-ring (bicyclic) bond motifs is 1. The van der Waals surface area contributed by atoms with Crippen molar-refractivity contribution in [1.29, 1.82) is 0 Å². The number of phenolic OH excluding ortho intramolecular Hbond substituents is 2. The number of ether oxygens (including phenoxy) is 2. The molecule has 0 spiro atoms. The van der Waals surface area contributed by atoms with Crippen LogP contribution >= 0.6 is 0 Å². The van der Waals surface area contributed by atoms with Gasteiger partial charge in [0.2, 0.25) is 0 Å². The molecular weight excluding hydrogens is 256 g/mol. The molecule has 0 bridgehead atoms. The van der Waals surface area contributed by atoms with E-state index in [9.17, 15) is 10.2 Å². The van der Waals surface area contributed by atoms with Crippen molar-refractivity contribution in [3.05, 3.63) is 23.3 Å². The molecule has 0 radical (unpaired) electrons. The molecule has 108 valence electrons. The van der Waals surface area contributed by atoms with E-state index in [-0.39, 0.29) is 11.5 Å². The Kier molecular flexibility index (Phi) is 3.93. The lowest BCUT2D eigenvalue weighted by molar-refractivity contribution is 0.325. The third kappa shape index (κ3) is 2.22. The van der Waals surface area contributed by atoms with E-state index in [1.807, 2.05) is 13.8 Å². The molecule has 4 heteroatoms. The van der Waals surface area contributed by atoms with Crippen molar-refractivity contribution in [3.8, 4) is 23.0 Å². The molecule has 0 amide bonds. The van der Waals surface area contributed by atoms with Gasteiger partial charge in [-0.05, 0) is 44.9 Å². The highest BCUT2D eigenvalue weighted by Gasteiger charge is 2.18. The summed E-state index contributed by atoms with van der Waals surface area (Å²) in [5.74, 6) is 1.42. The van der Waals surface area contributed by atoms with Crippen LogP contribution in [0, 0.1) is 13.8 Å². The van der Waals surface area contributed by atoms with Crippen LogP contribution in [0.15, 0.2) is 12.1 Å². The largest absolute Gasteiger partial charge is 0.507 e. The second-order valence-corrected chi connectivity index (χ2v) is 4.66. The van der Waals surface area contributed by atoms with Gasteiger partial charge < -0.3 is 19.7 Å². The summed E-state index contributed by atoms with van der Waals surface area (Å²) in [5, 5.41) is 21.8. The second-order valence-electron chi connectivity index (χ2n) is 4.66. The van der Waals surface area contributed by atoms with Crippen molar-refractivity contribution >= 4 is 10.8 Å². The van der Waals surface area contributed by atoms with Crippen LogP contribution in [0.25, 0.3) is 10.8 Å². The Balaban J connectivity index is 2.85. The lowest BCUT2D eigenvalue weighted by atomic mass is 9.98. The van der Waals surface area contributed by atoms with Crippen molar-refractivity contribution < 1.29 is 19.7 Å². The van der Waals surface area contributed by atoms with E-state index in [4.69, 9.17) is 9.47 Å². The van der Waals surface area contributed by atoms with Crippen molar-refractivity contribution in [3.63, 3.8) is 0 Å². The summed E-state index contributed by atoms with van der Waals surface area (Å²) in [5.41, 5.74) is 1.31. The molecule has 0 atom stereocenters. The van der Waals surface area contributed by atoms with E-state index < -0.39 is 0 Å². The number of benzene rings is 2. The SMILES string of the molecule is CCOc1cc(OCC)c2c(O)c(C)c(C)c(O)c2c1. The Morgan fingerprint density at radius 2 is 1.50 bits per heavy atom. The summed E-state index contributed by atoms with van der Waals surface area (Å²) in [7, 11) is 0. The van der Waals surface area contributed by atoms with Gasteiger partial charge in [-0.2, -0.15) is 0 Å². The lowest BCUT2D eigenvalue weighted by Gasteiger charge is -2.16. The van der Waals surface area contributed by atoms with Crippen LogP contribution < -0.4 is 9.47 Å². The highest BCUT2D eigenvalue weighted by Crippen LogP contribution is 2.45. The van der Waals surface area contributed by atoms with E-state index in [1.165, 1.54) is 0 Å². The van der Waals surface area contributed by atoms with Gasteiger partial charge in [0.05, 0.1) is 18.6 Å². The van der Waals surface area contributed by atoms with Crippen LogP contribution in [0.2, 0.25) is 0 Å². The molecule has 0 aliphatic heterocycles. The van der Waals surface area contributed by atoms with Crippen molar-refractivity contribution in [2.45, 2.75) is 27.7 Å². The molecule has 2 aromatic rings. The second kappa shape index (κ2) is 5.49. The van der Waals surface area contributed by atoms with Crippen LogP contribution in [-0.4, -0.2) is 23.4 Å². The fourth-order valence-electron chi connectivity index (χ4n) is 2.29. The van der Waals surface area contributed by atoms with E-state index in [2.05, 4.69) is 0 Å². The fraction of sp³-hybridized carbons (Fsp3) is 0.375. The maximum Gasteiger partial charge on any atom is 0.134 e. The maximum atomic E-state index is 10.4. The van der Waals surface area contributed by atoms with E-state index in [0.29, 0.717) is 46.6 Å². The quantitative estimate of drug-likeness (QED) is 0.837. The monoisotopic (exact) mass is 276 g/mol. The van der Waals surface area contributed by atoms with Crippen LogP contribution in [0.3, 0.4) is 0 Å². The number of hydrogen-bond donors (Lipinski definition) is 2. The number of aromatic hydroxyl groups is 2. The van der Waals surface area contributed by atoms with E-state index in [1.54, 1.807) is 26.0 Å². The van der Waals surface area contributed by atoms with E-state index >= 15 is 0 Å². The third-order valence-electron chi connectivity index (χ3n) is 3.45. The Labute approximate surface area is 118 Å². The zero-order valence-corrected chi connectivity index (χ0v) is 12.3. The Hall–Kier alpha value is -2.10. The van der Waals surface area contributed by atoms with Gasteiger partial charge in [0.25, 0.3) is 0 Å². The highest BCUT2D eigenvalue weighted by molar-refractivity contribution is 6.00. The Bertz CT molecular complexity index is 647. The van der Waals surface area contributed by atoms with Crippen LogP contribution in [0.5, 0.6) is 23.0 Å². The Morgan fingerprint density at radius 1 is 0.900 bits per heavy atom. The average Bonchev–Trinajstić information content (AvgIpc) is 2.43. The van der Waals surface area contributed by atoms with Gasteiger partial charge in [-0.1, -0.05) is 0 Å². The molecule has 4 nitrogen and oxygen atoms in total. The van der Waals surface area contributed by atoms with Crippen molar-refractivity contribution in [2.75, 3.05) is 13.2 Å².